The number of nitrogens with zero attached hydrogens (tertiary/aromatic N) is 3. The third-order valence-electron chi connectivity index (χ3n) is 4.60. The number of sulfonamides is 1. The Labute approximate surface area is 176 Å². The molecule has 1 aliphatic heterocycles. The van der Waals surface area contributed by atoms with Crippen LogP contribution in [0.15, 0.2) is 43.7 Å². The van der Waals surface area contributed by atoms with Crippen LogP contribution in [0.4, 0.5) is 5.82 Å². The van der Waals surface area contributed by atoms with E-state index in [0.29, 0.717) is 5.56 Å². The van der Waals surface area contributed by atoms with Gasteiger partial charge in [0.25, 0.3) is 15.6 Å². The molecule has 3 rings (SSSR count). The van der Waals surface area contributed by atoms with Gasteiger partial charge in [-0.2, -0.15) is 0 Å². The molecule has 0 spiro atoms. The first-order valence-electron chi connectivity index (χ1n) is 8.95. The van der Waals surface area contributed by atoms with Gasteiger partial charge in [-0.1, -0.05) is 12.1 Å². The number of nitrogens with one attached hydrogen (secondary N) is 1. The van der Waals surface area contributed by atoms with Crippen LogP contribution in [-0.4, -0.2) is 48.3 Å². The van der Waals surface area contributed by atoms with Gasteiger partial charge >= 0.3 is 11.7 Å². The number of amidine groups is 1. The molecule has 2 aromatic rings. The fourth-order valence-corrected chi connectivity index (χ4v) is 4.17. The van der Waals surface area contributed by atoms with E-state index in [4.69, 9.17) is 10.5 Å². The highest BCUT2D eigenvalue weighted by Gasteiger charge is 2.30. The monoisotopic (exact) mass is 449 g/mol. The van der Waals surface area contributed by atoms with Crippen molar-refractivity contribution in [3.63, 3.8) is 0 Å². The molecule has 0 saturated heterocycles. The van der Waals surface area contributed by atoms with Crippen LogP contribution < -0.4 is 21.7 Å². The van der Waals surface area contributed by atoms with E-state index in [-0.39, 0.29) is 29.5 Å². The predicted molar refractivity (Wildman–Crippen MR) is 109 cm³/mol. The maximum atomic E-state index is 12.3. The van der Waals surface area contributed by atoms with Crippen molar-refractivity contribution in [2.24, 2.45) is 19.1 Å². The lowest BCUT2D eigenvalue weighted by Gasteiger charge is -2.10. The van der Waals surface area contributed by atoms with E-state index < -0.39 is 45.2 Å². The summed E-state index contributed by atoms with van der Waals surface area (Å²) in [4.78, 5) is 52.4. The maximum absolute atomic E-state index is 12.3. The summed E-state index contributed by atoms with van der Waals surface area (Å²) in [5.41, 5.74) is 4.05. The molecule has 0 fully saturated rings. The number of benzene rings is 1. The quantitative estimate of drug-likeness (QED) is 0.397. The van der Waals surface area contributed by atoms with E-state index in [1.807, 2.05) is 0 Å². The normalized spacial score (nSPS) is 15.4. The second-order valence-electron chi connectivity index (χ2n) is 6.63. The average molecular weight is 449 g/mol. The number of carbonyl (C=O) groups excluding carboxylic acids is 2. The number of Topliss-reactive ketones (excluding diaryl/α,β-unsaturated/α-hetero) is 1. The van der Waals surface area contributed by atoms with Crippen molar-refractivity contribution < 1.29 is 22.7 Å². The number of fused-ring (bicyclic) bond motifs is 1. The molecule has 0 aliphatic carbocycles. The Morgan fingerprint density at radius 3 is 2.55 bits per heavy atom. The lowest BCUT2D eigenvalue weighted by atomic mass is 10.2. The molecule has 0 bridgehead atoms. The molecule has 1 aromatic heterocycles. The number of anilines is 1. The Morgan fingerprint density at radius 2 is 1.84 bits per heavy atom. The number of hydrogen-bond donors (Lipinski definition) is 2. The number of ketones is 1. The average Bonchev–Trinajstić information content (AvgIpc) is 3.00. The molecule has 31 heavy (non-hydrogen) atoms. The summed E-state index contributed by atoms with van der Waals surface area (Å²) >= 11 is 0. The number of nitrogen functional groups attached to an aromatic ring is 1. The highest BCUT2D eigenvalue weighted by Crippen LogP contribution is 2.22. The molecule has 12 nitrogen and oxygen atoms in total. The molecule has 3 N–H and O–H groups in total. The molecule has 1 aliphatic rings. The van der Waals surface area contributed by atoms with E-state index in [2.05, 4.69) is 9.71 Å². The number of nitrogens with two attached hydrogens (primary N) is 1. The van der Waals surface area contributed by atoms with Gasteiger partial charge in [0.05, 0.1) is 17.9 Å². The number of hydrogen-bond acceptors (Lipinski definition) is 9. The smallest absolute Gasteiger partial charge is 0.332 e. The third kappa shape index (κ3) is 4.12. The van der Waals surface area contributed by atoms with Gasteiger partial charge in [0.15, 0.2) is 6.61 Å². The summed E-state index contributed by atoms with van der Waals surface area (Å²) < 4.78 is 32.9. The van der Waals surface area contributed by atoms with Gasteiger partial charge < -0.3 is 10.5 Å². The van der Waals surface area contributed by atoms with E-state index in [0.717, 1.165) is 9.13 Å². The SMILES string of the molecule is Cn1c(N)c(C(=O)COC(=O)CCN=C2NS(=O)(=O)c3ccccc32)c(=O)n(C)c1=O. The third-order valence-corrected chi connectivity index (χ3v) is 6.00. The van der Waals surface area contributed by atoms with Gasteiger partial charge in [0.1, 0.15) is 17.2 Å². The van der Waals surface area contributed by atoms with Crippen LogP contribution >= 0.6 is 0 Å². The molecule has 0 unspecified atom stereocenters. The zero-order chi connectivity index (χ0) is 22.9. The fourth-order valence-electron chi connectivity index (χ4n) is 2.92. The lowest BCUT2D eigenvalue weighted by molar-refractivity contribution is -0.142. The Kier molecular flexibility index (Phi) is 5.79. The molecule has 2 heterocycles. The molecule has 0 atom stereocenters. The summed E-state index contributed by atoms with van der Waals surface area (Å²) in [5, 5.41) is 0. The van der Waals surface area contributed by atoms with Crippen molar-refractivity contribution >= 4 is 33.4 Å². The van der Waals surface area contributed by atoms with E-state index in [9.17, 15) is 27.6 Å². The van der Waals surface area contributed by atoms with Crippen molar-refractivity contribution in [2.75, 3.05) is 18.9 Å². The number of aromatic nitrogens is 2. The molecular weight excluding hydrogens is 430 g/mol. The number of aliphatic imine (C=N–C) groups is 1. The summed E-state index contributed by atoms with van der Waals surface area (Å²) in [6, 6.07) is 6.27. The summed E-state index contributed by atoms with van der Waals surface area (Å²) in [7, 11) is -1.19. The lowest BCUT2D eigenvalue weighted by Crippen LogP contribution is -2.42. The fraction of sp³-hybridized carbons (Fsp3) is 0.278. The van der Waals surface area contributed by atoms with E-state index >= 15 is 0 Å². The van der Waals surface area contributed by atoms with Gasteiger partial charge in [0, 0.05) is 19.7 Å². The predicted octanol–water partition coefficient (Wildman–Crippen LogP) is -1.48. The second-order valence-corrected chi connectivity index (χ2v) is 8.28. The maximum Gasteiger partial charge on any atom is 0.332 e. The Balaban J connectivity index is 1.63. The van der Waals surface area contributed by atoms with Crippen molar-refractivity contribution in [2.45, 2.75) is 11.3 Å². The minimum atomic E-state index is -3.69. The highest BCUT2D eigenvalue weighted by atomic mass is 32.2. The van der Waals surface area contributed by atoms with Crippen LogP contribution in [0, 0.1) is 0 Å². The highest BCUT2D eigenvalue weighted by molar-refractivity contribution is 7.90. The number of ether oxygens (including phenoxy) is 1. The zero-order valence-electron chi connectivity index (χ0n) is 16.6. The first-order valence-corrected chi connectivity index (χ1v) is 10.4. The minimum absolute atomic E-state index is 0.0943. The first-order chi connectivity index (χ1) is 14.5. The topological polar surface area (TPSA) is 172 Å². The molecular formula is C18H19N5O7S. The molecule has 0 radical (unpaired) electrons. The van der Waals surface area contributed by atoms with Crippen LogP contribution in [0.2, 0.25) is 0 Å². The molecule has 164 valence electrons. The van der Waals surface area contributed by atoms with Crippen LogP contribution in [0.3, 0.4) is 0 Å². The molecule has 1 aromatic carbocycles. The Bertz CT molecular complexity index is 1340. The van der Waals surface area contributed by atoms with E-state index in [1.165, 1.54) is 20.2 Å². The zero-order valence-corrected chi connectivity index (χ0v) is 17.4. The van der Waals surface area contributed by atoms with Gasteiger partial charge in [-0.05, 0) is 12.1 Å². The summed E-state index contributed by atoms with van der Waals surface area (Å²) in [5.74, 6) is -1.86. The first kappa shape index (κ1) is 22.0. The van der Waals surface area contributed by atoms with E-state index in [1.54, 1.807) is 18.2 Å². The van der Waals surface area contributed by atoms with Gasteiger partial charge in [-0.25, -0.2) is 13.2 Å². The van der Waals surface area contributed by atoms with Crippen LogP contribution in [-0.2, 0) is 33.7 Å². The largest absolute Gasteiger partial charge is 0.457 e. The number of carbonyl (C=O) groups is 2. The number of rotatable bonds is 6. The summed E-state index contributed by atoms with van der Waals surface area (Å²) in [6.45, 7) is -0.842. The van der Waals surface area contributed by atoms with Crippen LogP contribution in [0.25, 0.3) is 0 Å². The minimum Gasteiger partial charge on any atom is -0.457 e. The molecule has 13 heteroatoms. The van der Waals surface area contributed by atoms with Crippen LogP contribution in [0.1, 0.15) is 22.3 Å². The van der Waals surface area contributed by atoms with Crippen molar-refractivity contribution in [1.29, 1.82) is 0 Å². The summed E-state index contributed by atoms with van der Waals surface area (Å²) in [6.07, 6.45) is -0.235. The standard InChI is InChI=1S/C18H19N5O7S/c1-22-15(19)14(17(26)23(2)18(22)27)11(24)9-30-13(25)7-8-20-16-10-5-3-4-6-12(10)31(28,29)21-16/h3-6H,7-9,19H2,1-2H3,(H,20,21). The Morgan fingerprint density at radius 1 is 1.16 bits per heavy atom. The molecule has 0 amide bonds. The number of esters is 1. The van der Waals surface area contributed by atoms with Gasteiger partial charge in [0.2, 0.25) is 5.78 Å². The van der Waals surface area contributed by atoms with Crippen LogP contribution in [0.5, 0.6) is 0 Å². The van der Waals surface area contributed by atoms with Crippen molar-refractivity contribution in [3.05, 3.63) is 56.2 Å². The Hall–Kier alpha value is -3.74. The van der Waals surface area contributed by atoms with Gasteiger partial charge in [-0.3, -0.25) is 33.2 Å². The molecule has 0 saturated carbocycles. The van der Waals surface area contributed by atoms with Crippen molar-refractivity contribution in [1.82, 2.24) is 13.9 Å². The van der Waals surface area contributed by atoms with Crippen molar-refractivity contribution in [3.8, 4) is 0 Å². The second kappa shape index (κ2) is 8.18. The van der Waals surface area contributed by atoms with Gasteiger partial charge in [-0.15, -0.1) is 0 Å².